The van der Waals surface area contributed by atoms with Crippen LogP contribution in [0.4, 0.5) is 10.5 Å². The Morgan fingerprint density at radius 2 is 1.42 bits per heavy atom. The minimum atomic E-state index is -1.17. The van der Waals surface area contributed by atoms with Crippen LogP contribution in [0.1, 0.15) is 119 Å². The predicted octanol–water partition coefficient (Wildman–Crippen LogP) is 6.45. The highest BCUT2D eigenvalue weighted by molar-refractivity contribution is 5.94. The minimum absolute atomic E-state index is 0.102. The number of aliphatic hydroxyl groups is 1. The molecule has 0 aromatic heterocycles. The van der Waals surface area contributed by atoms with Gasteiger partial charge < -0.3 is 30.5 Å². The average Bonchev–Trinajstić information content (AvgIpc) is 2.93. The van der Waals surface area contributed by atoms with Gasteiger partial charge in [0.15, 0.2) is 0 Å². The highest BCUT2D eigenvalue weighted by Gasteiger charge is 2.33. The number of anilines is 1. The lowest BCUT2D eigenvalue weighted by Gasteiger charge is -2.36. The number of amides is 3. The summed E-state index contributed by atoms with van der Waals surface area (Å²) >= 11 is 0. The van der Waals surface area contributed by atoms with Crippen LogP contribution in [0.25, 0.3) is 0 Å². The van der Waals surface area contributed by atoms with Gasteiger partial charge in [-0.1, -0.05) is 84.4 Å². The molecule has 3 atom stereocenters. The van der Waals surface area contributed by atoms with Gasteiger partial charge in [0, 0.05) is 18.7 Å². The molecule has 0 saturated carbocycles. The Kier molecular flexibility index (Phi) is 18.4. The van der Waals surface area contributed by atoms with E-state index in [2.05, 4.69) is 10.6 Å². The van der Waals surface area contributed by atoms with Crippen molar-refractivity contribution >= 4 is 29.6 Å². The van der Waals surface area contributed by atoms with Crippen molar-refractivity contribution in [1.82, 2.24) is 10.6 Å². The highest BCUT2D eigenvalue weighted by atomic mass is 16.6. The van der Waals surface area contributed by atoms with Crippen molar-refractivity contribution in [2.24, 2.45) is 11.8 Å². The van der Waals surface area contributed by atoms with E-state index >= 15 is 0 Å². The fraction of sp³-hybridized carbons (Fsp3) is 0.714. The lowest BCUT2D eigenvalue weighted by molar-refractivity contribution is -0.143. The second-order valence-electron chi connectivity index (χ2n) is 13.7. The molecule has 1 aromatic rings. The molecule has 0 heterocycles. The number of aliphatic carboxylic acids is 1. The average molecular weight is 634 g/mol. The summed E-state index contributed by atoms with van der Waals surface area (Å²) in [7, 11) is 0. The van der Waals surface area contributed by atoms with E-state index in [4.69, 9.17) is 4.74 Å². The lowest BCUT2D eigenvalue weighted by Crippen LogP contribution is -2.51. The van der Waals surface area contributed by atoms with Crippen molar-refractivity contribution in [3.8, 4) is 0 Å². The molecule has 256 valence electrons. The topological polar surface area (TPSA) is 145 Å². The Bertz CT molecular complexity index is 1020. The van der Waals surface area contributed by atoms with Gasteiger partial charge in [0.1, 0.15) is 11.6 Å². The minimum Gasteiger partial charge on any atom is -0.480 e. The number of carboxylic acid groups (broad SMARTS) is 1. The van der Waals surface area contributed by atoms with Crippen molar-refractivity contribution in [3.05, 3.63) is 30.3 Å². The van der Waals surface area contributed by atoms with E-state index < -0.39 is 35.7 Å². The molecular formula is C35H59N3O7. The van der Waals surface area contributed by atoms with Gasteiger partial charge >= 0.3 is 12.1 Å². The fourth-order valence-electron chi connectivity index (χ4n) is 5.19. The maximum absolute atomic E-state index is 13.7. The molecule has 10 heteroatoms. The van der Waals surface area contributed by atoms with Gasteiger partial charge in [0.05, 0.1) is 18.6 Å². The van der Waals surface area contributed by atoms with Crippen molar-refractivity contribution in [2.75, 3.05) is 11.4 Å². The zero-order valence-corrected chi connectivity index (χ0v) is 28.6. The molecule has 0 saturated heterocycles. The largest absolute Gasteiger partial charge is 0.480 e. The Labute approximate surface area is 270 Å². The van der Waals surface area contributed by atoms with Gasteiger partial charge in [-0.15, -0.1) is 0 Å². The number of carboxylic acids is 1. The van der Waals surface area contributed by atoms with E-state index in [1.165, 1.54) is 0 Å². The third kappa shape index (κ3) is 17.2. The van der Waals surface area contributed by atoms with Crippen LogP contribution in [-0.2, 0) is 19.1 Å². The molecule has 0 spiro atoms. The summed E-state index contributed by atoms with van der Waals surface area (Å²) in [6, 6.07) is 7.52. The molecule has 0 radical (unpaired) electrons. The summed E-state index contributed by atoms with van der Waals surface area (Å²) in [6.45, 7) is 13.6. The zero-order chi connectivity index (χ0) is 34.0. The highest BCUT2D eigenvalue weighted by Crippen LogP contribution is 2.26. The molecule has 1 aromatic carbocycles. The molecule has 10 nitrogen and oxygen atoms in total. The summed E-state index contributed by atoms with van der Waals surface area (Å²) in [5.41, 5.74) is 0.172. The number of rotatable bonds is 21. The predicted molar refractivity (Wildman–Crippen MR) is 178 cm³/mol. The molecule has 1 rings (SSSR count). The number of carbonyl (C=O) groups is 4. The third-order valence-corrected chi connectivity index (χ3v) is 7.42. The Morgan fingerprint density at radius 3 is 1.93 bits per heavy atom. The number of para-hydroxylation sites is 1. The van der Waals surface area contributed by atoms with Gasteiger partial charge in [-0.2, -0.15) is 0 Å². The van der Waals surface area contributed by atoms with E-state index in [9.17, 15) is 29.4 Å². The number of benzene rings is 1. The van der Waals surface area contributed by atoms with Crippen LogP contribution in [0, 0.1) is 11.8 Å². The van der Waals surface area contributed by atoms with Crippen LogP contribution < -0.4 is 15.5 Å². The second kappa shape index (κ2) is 20.8. The number of carbonyl (C=O) groups excluding carboxylic acids is 3. The van der Waals surface area contributed by atoms with Crippen LogP contribution >= 0.6 is 0 Å². The Morgan fingerprint density at radius 1 is 0.867 bits per heavy atom. The van der Waals surface area contributed by atoms with Crippen LogP contribution in [0.15, 0.2) is 30.3 Å². The fourth-order valence-corrected chi connectivity index (χ4v) is 5.19. The molecule has 0 unspecified atom stereocenters. The maximum Gasteiger partial charge on any atom is 0.407 e. The summed E-state index contributed by atoms with van der Waals surface area (Å²) in [5.74, 6) is -1.96. The van der Waals surface area contributed by atoms with Crippen LogP contribution in [-0.4, -0.2) is 64.4 Å². The molecule has 0 aliphatic rings. The van der Waals surface area contributed by atoms with Crippen molar-refractivity contribution < 1.29 is 34.1 Å². The standard InChI is InChI=1S/C35H59N3O7/c1-25(2)23-28(29(39)24-30(40)37-32(26(3)4)33(42)43)38(27-19-15-14-16-20-27)31(41)21-17-12-10-8-9-11-13-18-22-36-34(44)45-35(5,6)7/h14-16,19-20,25-26,28-29,32,39H,8-13,17-18,21-24H2,1-7H3,(H,36,44)(H,37,40)(H,42,43)/t28-,29-,32-/m0/s1. The lowest BCUT2D eigenvalue weighted by atomic mass is 9.94. The Balaban J connectivity index is 2.65. The molecule has 0 fully saturated rings. The maximum atomic E-state index is 13.7. The first-order chi connectivity index (χ1) is 21.1. The first-order valence-corrected chi connectivity index (χ1v) is 16.7. The summed E-state index contributed by atoms with van der Waals surface area (Å²) in [6.07, 6.45) is 6.82. The normalized spacial score (nSPS) is 13.6. The number of nitrogens with one attached hydrogen (secondary N) is 2. The number of unbranched alkanes of at least 4 members (excludes halogenated alkanes) is 7. The number of nitrogens with zero attached hydrogens (tertiary/aromatic N) is 1. The molecule has 0 bridgehead atoms. The number of aliphatic hydroxyl groups excluding tert-OH is 1. The van der Waals surface area contributed by atoms with Crippen molar-refractivity contribution in [2.45, 2.75) is 143 Å². The van der Waals surface area contributed by atoms with E-state index in [0.717, 1.165) is 51.4 Å². The van der Waals surface area contributed by atoms with Gasteiger partial charge in [0.25, 0.3) is 0 Å². The first kappa shape index (κ1) is 39.9. The second-order valence-corrected chi connectivity index (χ2v) is 13.7. The van der Waals surface area contributed by atoms with Gasteiger partial charge in [-0.05, 0) is 64.0 Å². The van der Waals surface area contributed by atoms with E-state index in [1.807, 2.05) is 65.0 Å². The van der Waals surface area contributed by atoms with Crippen molar-refractivity contribution in [3.63, 3.8) is 0 Å². The molecular weight excluding hydrogens is 574 g/mol. The van der Waals surface area contributed by atoms with E-state index in [-0.39, 0.29) is 30.3 Å². The van der Waals surface area contributed by atoms with Crippen LogP contribution in [0.3, 0.4) is 0 Å². The van der Waals surface area contributed by atoms with Gasteiger partial charge in [-0.3, -0.25) is 9.59 Å². The quantitative estimate of drug-likeness (QED) is 0.114. The number of hydrogen-bond donors (Lipinski definition) is 4. The number of alkyl carbamates (subject to hydrolysis) is 1. The monoisotopic (exact) mass is 633 g/mol. The molecule has 45 heavy (non-hydrogen) atoms. The third-order valence-electron chi connectivity index (χ3n) is 7.42. The van der Waals surface area contributed by atoms with Gasteiger partial charge in [-0.25, -0.2) is 9.59 Å². The van der Waals surface area contributed by atoms with Crippen LogP contribution in [0.5, 0.6) is 0 Å². The SMILES string of the molecule is CC(C)C[C@@H]([C@@H](O)CC(=O)N[C@H](C(=O)O)C(C)C)N(C(=O)CCCCCCCCCCNC(=O)OC(C)(C)C)c1ccccc1. The first-order valence-electron chi connectivity index (χ1n) is 16.7. The number of hydrogen-bond acceptors (Lipinski definition) is 6. The Hall–Kier alpha value is -3.14. The molecule has 3 amide bonds. The van der Waals surface area contributed by atoms with E-state index in [1.54, 1.807) is 18.7 Å². The summed E-state index contributed by atoms with van der Waals surface area (Å²) in [5, 5.41) is 26.1. The molecule has 0 aliphatic heterocycles. The smallest absolute Gasteiger partial charge is 0.407 e. The molecule has 0 aliphatic carbocycles. The van der Waals surface area contributed by atoms with Crippen LogP contribution in [0.2, 0.25) is 0 Å². The summed E-state index contributed by atoms with van der Waals surface area (Å²) in [4.78, 5) is 51.3. The zero-order valence-electron chi connectivity index (χ0n) is 28.6. The van der Waals surface area contributed by atoms with Crippen molar-refractivity contribution in [1.29, 1.82) is 0 Å². The van der Waals surface area contributed by atoms with Gasteiger partial charge in [0.2, 0.25) is 11.8 Å². The summed E-state index contributed by atoms with van der Waals surface area (Å²) < 4.78 is 5.24. The van der Waals surface area contributed by atoms with E-state index in [0.29, 0.717) is 25.1 Å². The number of ether oxygens (including phenoxy) is 1. The molecule has 4 N–H and O–H groups in total.